The predicted octanol–water partition coefficient (Wildman–Crippen LogP) is 4.30. The molecule has 22 heavy (non-hydrogen) atoms. The molecule has 4 nitrogen and oxygen atoms in total. The zero-order chi connectivity index (χ0) is 15.5. The van der Waals surface area contributed by atoms with Crippen LogP contribution in [0.3, 0.4) is 0 Å². The summed E-state index contributed by atoms with van der Waals surface area (Å²) >= 11 is 15.0. The van der Waals surface area contributed by atoms with E-state index in [9.17, 15) is 4.39 Å². The fraction of sp³-hybridized carbons (Fsp3) is 0.231. The third-order valence-corrected chi connectivity index (χ3v) is 6.05. The van der Waals surface area contributed by atoms with Crippen molar-refractivity contribution in [3.8, 4) is 10.7 Å². The predicted molar refractivity (Wildman–Crippen MR) is 87.9 cm³/mol. The first kappa shape index (κ1) is 15.9. The molecule has 2 atom stereocenters. The summed E-state index contributed by atoms with van der Waals surface area (Å²) in [5, 5.41) is 8.70. The summed E-state index contributed by atoms with van der Waals surface area (Å²) in [5.41, 5.74) is 0.673. The summed E-state index contributed by atoms with van der Waals surface area (Å²) in [6.07, 6.45) is 7.74. The monoisotopic (exact) mass is 374 g/mol. The van der Waals surface area contributed by atoms with Gasteiger partial charge < -0.3 is 0 Å². The van der Waals surface area contributed by atoms with Crippen LogP contribution in [0.25, 0.3) is 10.7 Å². The van der Waals surface area contributed by atoms with Crippen LogP contribution in [-0.2, 0) is 0 Å². The van der Waals surface area contributed by atoms with E-state index in [0.717, 1.165) is 4.34 Å². The highest BCUT2D eigenvalue weighted by Crippen LogP contribution is 2.37. The fourth-order valence-electron chi connectivity index (χ4n) is 1.81. The lowest BCUT2D eigenvalue weighted by atomic mass is 10.0. The fourth-order valence-corrected chi connectivity index (χ4v) is 4.65. The second-order valence-corrected chi connectivity index (χ2v) is 7.54. The van der Waals surface area contributed by atoms with Crippen LogP contribution in [0, 0.1) is 5.92 Å². The lowest BCUT2D eigenvalue weighted by Crippen LogP contribution is -2.19. The minimum atomic E-state index is -0.429. The number of allylic oxidation sites excluding steroid dienone is 4. The molecular formula is C13H9Cl2FN4S2. The van der Waals surface area contributed by atoms with Crippen LogP contribution >= 0.6 is 46.3 Å². The second kappa shape index (κ2) is 7.04. The van der Waals surface area contributed by atoms with Crippen LogP contribution in [0.2, 0.25) is 0 Å². The number of hydrogen-bond acceptors (Lipinski definition) is 6. The Balaban J connectivity index is 1.68. The smallest absolute Gasteiger partial charge is 0.174 e. The number of aromatic nitrogens is 4. The topological polar surface area (TPSA) is 51.6 Å². The summed E-state index contributed by atoms with van der Waals surface area (Å²) < 4.78 is 14.3. The Labute approximate surface area is 144 Å². The van der Waals surface area contributed by atoms with E-state index in [1.54, 1.807) is 24.7 Å². The van der Waals surface area contributed by atoms with Gasteiger partial charge in [0.25, 0.3) is 0 Å². The van der Waals surface area contributed by atoms with Gasteiger partial charge in [0.15, 0.2) is 9.35 Å². The molecule has 0 amide bonds. The third kappa shape index (κ3) is 3.48. The van der Waals surface area contributed by atoms with Gasteiger partial charge in [-0.25, -0.2) is 4.39 Å². The minimum Gasteiger partial charge on any atom is -0.261 e. The Morgan fingerprint density at radius 1 is 1.32 bits per heavy atom. The molecule has 3 rings (SSSR count). The van der Waals surface area contributed by atoms with Crippen molar-refractivity contribution in [2.45, 2.75) is 9.72 Å². The number of rotatable bonds is 4. The Morgan fingerprint density at radius 3 is 2.95 bits per heavy atom. The van der Waals surface area contributed by atoms with Gasteiger partial charge in [0.1, 0.15) is 11.5 Å². The van der Waals surface area contributed by atoms with Gasteiger partial charge in [-0.15, -0.1) is 21.8 Å². The van der Waals surface area contributed by atoms with E-state index in [1.165, 1.54) is 29.2 Å². The molecule has 0 radical (unpaired) electrons. The molecule has 0 saturated heterocycles. The molecule has 9 heteroatoms. The summed E-state index contributed by atoms with van der Waals surface area (Å²) in [7, 11) is 0. The second-order valence-electron chi connectivity index (χ2n) is 4.38. The summed E-state index contributed by atoms with van der Waals surface area (Å²) in [4.78, 5) is 8.17. The van der Waals surface area contributed by atoms with Crippen molar-refractivity contribution in [2.75, 3.05) is 5.75 Å². The zero-order valence-electron chi connectivity index (χ0n) is 11.0. The van der Waals surface area contributed by atoms with Gasteiger partial charge in [-0.2, -0.15) is 0 Å². The number of halogens is 3. The van der Waals surface area contributed by atoms with Gasteiger partial charge in [0.2, 0.25) is 0 Å². The van der Waals surface area contributed by atoms with Gasteiger partial charge in [-0.1, -0.05) is 40.8 Å². The molecule has 114 valence electrons. The lowest BCUT2D eigenvalue weighted by molar-refractivity contribution is 0.613. The van der Waals surface area contributed by atoms with E-state index in [0.29, 0.717) is 16.5 Å². The van der Waals surface area contributed by atoms with Gasteiger partial charge >= 0.3 is 0 Å². The molecule has 2 unspecified atom stereocenters. The van der Waals surface area contributed by atoms with Crippen LogP contribution in [0.5, 0.6) is 0 Å². The normalized spacial score (nSPS) is 21.4. The maximum Gasteiger partial charge on any atom is 0.174 e. The van der Waals surface area contributed by atoms with Gasteiger partial charge in [-0.05, 0) is 6.08 Å². The zero-order valence-corrected chi connectivity index (χ0v) is 14.1. The summed E-state index contributed by atoms with van der Waals surface area (Å²) in [5.74, 6) is -0.177. The van der Waals surface area contributed by atoms with Crippen LogP contribution < -0.4 is 0 Å². The molecule has 1 aliphatic rings. The number of nitrogens with zero attached hydrogens (tertiary/aromatic N) is 4. The maximum atomic E-state index is 13.5. The Bertz CT molecular complexity index is 720. The molecule has 0 spiro atoms. The molecule has 2 aromatic heterocycles. The molecule has 0 saturated carbocycles. The molecule has 2 aromatic rings. The first-order valence-electron chi connectivity index (χ1n) is 6.25. The van der Waals surface area contributed by atoms with Crippen molar-refractivity contribution in [2.24, 2.45) is 5.92 Å². The highest BCUT2D eigenvalue weighted by Gasteiger charge is 2.27. The standard InChI is InChI=1S/C13H9Cl2FN4S2/c14-8-1-2-9(16)11(15)7(8)6-21-13-20-19-12(22-13)10-5-17-3-4-18-10/h1-5,7-8H,6H2. The Hall–Kier alpha value is -1.02. The molecule has 0 fully saturated rings. The van der Waals surface area contributed by atoms with E-state index in [4.69, 9.17) is 23.2 Å². The first-order chi connectivity index (χ1) is 10.6. The quantitative estimate of drug-likeness (QED) is 0.589. The Kier molecular flexibility index (Phi) is 5.07. The van der Waals surface area contributed by atoms with Crippen molar-refractivity contribution in [1.29, 1.82) is 0 Å². The van der Waals surface area contributed by atoms with E-state index in [2.05, 4.69) is 20.2 Å². The van der Waals surface area contributed by atoms with Crippen LogP contribution in [-0.4, -0.2) is 31.3 Å². The van der Waals surface area contributed by atoms with Crippen LogP contribution in [0.4, 0.5) is 4.39 Å². The lowest BCUT2D eigenvalue weighted by Gasteiger charge is -2.21. The SMILES string of the molecule is FC1=C(Cl)C(CSc2nnc(-c3cnccn3)s2)C(Cl)C=C1. The molecule has 0 aromatic carbocycles. The Morgan fingerprint density at radius 2 is 2.18 bits per heavy atom. The molecule has 2 heterocycles. The van der Waals surface area contributed by atoms with E-state index in [1.807, 2.05) is 0 Å². The number of hydrogen-bond donors (Lipinski definition) is 0. The third-order valence-electron chi connectivity index (χ3n) is 2.94. The molecule has 0 N–H and O–H groups in total. The van der Waals surface area contributed by atoms with Crippen LogP contribution in [0.1, 0.15) is 0 Å². The van der Waals surface area contributed by atoms with Crippen molar-refractivity contribution in [1.82, 2.24) is 20.2 Å². The van der Waals surface area contributed by atoms with Crippen molar-refractivity contribution < 1.29 is 4.39 Å². The van der Waals surface area contributed by atoms with Crippen molar-refractivity contribution >= 4 is 46.3 Å². The average molecular weight is 375 g/mol. The molecular weight excluding hydrogens is 366 g/mol. The van der Waals surface area contributed by atoms with Gasteiger partial charge in [0, 0.05) is 24.1 Å². The molecule has 0 bridgehead atoms. The van der Waals surface area contributed by atoms with Crippen molar-refractivity contribution in [3.63, 3.8) is 0 Å². The average Bonchev–Trinajstić information content (AvgIpc) is 3.01. The highest BCUT2D eigenvalue weighted by atomic mass is 35.5. The van der Waals surface area contributed by atoms with Crippen molar-refractivity contribution in [3.05, 3.63) is 41.6 Å². The van der Waals surface area contributed by atoms with E-state index in [-0.39, 0.29) is 16.3 Å². The first-order valence-corrected chi connectivity index (χ1v) is 8.87. The summed E-state index contributed by atoms with van der Waals surface area (Å²) in [6, 6.07) is 0. The van der Waals surface area contributed by atoms with Crippen LogP contribution in [0.15, 0.2) is 45.9 Å². The van der Waals surface area contributed by atoms with Gasteiger partial charge in [-0.3, -0.25) is 9.97 Å². The maximum absolute atomic E-state index is 13.5. The van der Waals surface area contributed by atoms with Gasteiger partial charge in [0.05, 0.1) is 16.6 Å². The van der Waals surface area contributed by atoms with E-state index >= 15 is 0 Å². The number of alkyl halides is 1. The van der Waals surface area contributed by atoms with E-state index < -0.39 is 5.83 Å². The minimum absolute atomic E-state index is 0.161. The molecule has 1 aliphatic carbocycles. The highest BCUT2D eigenvalue weighted by molar-refractivity contribution is 8.01. The summed E-state index contributed by atoms with van der Waals surface area (Å²) in [6.45, 7) is 0. The molecule has 0 aliphatic heterocycles. The largest absolute Gasteiger partial charge is 0.261 e. The number of thioether (sulfide) groups is 1.